The van der Waals surface area contributed by atoms with Gasteiger partial charge in [0.25, 0.3) is 0 Å². The summed E-state index contributed by atoms with van der Waals surface area (Å²) in [6.45, 7) is 0.318. The minimum Gasteiger partial charge on any atom is -0.467 e. The van der Waals surface area contributed by atoms with E-state index in [1.807, 2.05) is 0 Å². The lowest BCUT2D eigenvalue weighted by Crippen LogP contribution is -2.15. The maximum Gasteiger partial charge on any atom is 0.419 e. The minimum atomic E-state index is -4.54. The van der Waals surface area contributed by atoms with Crippen molar-refractivity contribution in [1.29, 1.82) is 0 Å². The molecular formula is C13H14F3NO2S. The smallest absolute Gasteiger partial charge is 0.419 e. The normalized spacial score (nSPS) is 15.2. The predicted octanol–water partition coefficient (Wildman–Crippen LogP) is 3.10. The Morgan fingerprint density at radius 1 is 1.35 bits per heavy atom. The predicted molar refractivity (Wildman–Crippen MR) is 71.5 cm³/mol. The summed E-state index contributed by atoms with van der Waals surface area (Å²) in [5.74, 6) is 0.242. The van der Waals surface area contributed by atoms with Crippen molar-refractivity contribution >= 4 is 17.2 Å². The van der Waals surface area contributed by atoms with Gasteiger partial charge in [0.15, 0.2) is 6.79 Å². The molecule has 0 unspecified atom stereocenters. The highest BCUT2D eigenvalue weighted by Gasteiger charge is 2.35. The molecule has 7 heteroatoms. The van der Waals surface area contributed by atoms with Gasteiger partial charge in [-0.15, -0.1) is 0 Å². The molecule has 0 bridgehead atoms. The number of thiocarbonyl (C=S) groups is 1. The van der Waals surface area contributed by atoms with Crippen molar-refractivity contribution in [1.82, 2.24) is 0 Å². The molecule has 1 fully saturated rings. The van der Waals surface area contributed by atoms with Crippen molar-refractivity contribution in [3.8, 4) is 5.75 Å². The van der Waals surface area contributed by atoms with Crippen LogP contribution in [0.3, 0.4) is 0 Å². The zero-order chi connectivity index (χ0) is 14.8. The molecule has 1 aliphatic carbocycles. The fraction of sp³-hybridized carbons (Fsp3) is 0.462. The van der Waals surface area contributed by atoms with Crippen molar-refractivity contribution in [3.63, 3.8) is 0 Å². The van der Waals surface area contributed by atoms with Crippen LogP contribution in [0.2, 0.25) is 0 Å². The van der Waals surface area contributed by atoms with E-state index in [2.05, 4.69) is 12.2 Å². The Bertz CT molecular complexity index is 501. The highest BCUT2D eigenvalue weighted by Crippen LogP contribution is 2.37. The molecule has 2 rings (SSSR count). The van der Waals surface area contributed by atoms with Gasteiger partial charge in [0.05, 0.1) is 12.2 Å². The number of ether oxygens (including phenoxy) is 2. The van der Waals surface area contributed by atoms with E-state index in [1.54, 1.807) is 0 Å². The topological polar surface area (TPSA) is 44.5 Å². The molecule has 110 valence electrons. The average Bonchev–Trinajstić information content (AvgIpc) is 3.17. The Morgan fingerprint density at radius 3 is 2.60 bits per heavy atom. The molecule has 0 radical (unpaired) electrons. The van der Waals surface area contributed by atoms with E-state index in [4.69, 9.17) is 15.2 Å². The van der Waals surface area contributed by atoms with E-state index in [9.17, 15) is 13.2 Å². The van der Waals surface area contributed by atoms with E-state index in [1.165, 1.54) is 12.1 Å². The molecule has 20 heavy (non-hydrogen) atoms. The Morgan fingerprint density at radius 2 is 2.05 bits per heavy atom. The molecule has 0 amide bonds. The number of hydrogen-bond acceptors (Lipinski definition) is 3. The fourth-order valence-corrected chi connectivity index (χ4v) is 1.76. The van der Waals surface area contributed by atoms with Crippen LogP contribution in [0.5, 0.6) is 5.75 Å². The molecule has 0 atom stereocenters. The van der Waals surface area contributed by atoms with Crippen LogP contribution in [0.25, 0.3) is 0 Å². The fourth-order valence-electron chi connectivity index (χ4n) is 1.64. The second kappa shape index (κ2) is 5.97. The largest absolute Gasteiger partial charge is 0.467 e. The maximum absolute atomic E-state index is 12.9. The average molecular weight is 305 g/mol. The van der Waals surface area contributed by atoms with Gasteiger partial charge in [0.2, 0.25) is 0 Å². The summed E-state index contributed by atoms with van der Waals surface area (Å²) in [4.78, 5) is -0.0907. The van der Waals surface area contributed by atoms with Crippen molar-refractivity contribution < 1.29 is 22.6 Å². The third-order valence-corrected chi connectivity index (χ3v) is 3.15. The standard InChI is InChI=1S/C13H14F3NO2S/c14-13(15,16)10-5-9(12(17)20)3-4-11(10)19-7-18-6-8-1-2-8/h3-5,8H,1-2,6-7H2,(H2,17,20). The second-order valence-electron chi connectivity index (χ2n) is 4.65. The second-order valence-corrected chi connectivity index (χ2v) is 5.09. The summed E-state index contributed by atoms with van der Waals surface area (Å²) in [5.41, 5.74) is 4.58. The Hall–Kier alpha value is -1.34. The number of nitrogens with two attached hydrogens (primary N) is 1. The molecule has 3 nitrogen and oxygen atoms in total. The van der Waals surface area contributed by atoms with Gasteiger partial charge in [0, 0.05) is 5.56 Å². The number of hydrogen-bond donors (Lipinski definition) is 1. The quantitative estimate of drug-likeness (QED) is 0.498. The highest BCUT2D eigenvalue weighted by molar-refractivity contribution is 7.80. The third kappa shape index (κ3) is 4.08. The van der Waals surface area contributed by atoms with Gasteiger partial charge in [0.1, 0.15) is 10.7 Å². The van der Waals surface area contributed by atoms with Gasteiger partial charge in [-0.1, -0.05) is 12.2 Å². The van der Waals surface area contributed by atoms with Gasteiger partial charge in [-0.05, 0) is 37.0 Å². The molecule has 0 heterocycles. The van der Waals surface area contributed by atoms with E-state index in [0.29, 0.717) is 12.5 Å². The van der Waals surface area contributed by atoms with Crippen LogP contribution >= 0.6 is 12.2 Å². The molecule has 2 N–H and O–H groups in total. The molecule has 0 saturated heterocycles. The van der Waals surface area contributed by atoms with Crippen LogP contribution in [0, 0.1) is 5.92 Å². The zero-order valence-electron chi connectivity index (χ0n) is 10.6. The van der Waals surface area contributed by atoms with Gasteiger partial charge < -0.3 is 15.2 Å². The van der Waals surface area contributed by atoms with E-state index in [-0.39, 0.29) is 23.1 Å². The zero-order valence-corrected chi connectivity index (χ0v) is 11.4. The van der Waals surface area contributed by atoms with E-state index in [0.717, 1.165) is 18.9 Å². The molecule has 1 aliphatic rings. The van der Waals surface area contributed by atoms with Crippen molar-refractivity contribution in [2.45, 2.75) is 19.0 Å². The molecular weight excluding hydrogens is 291 g/mol. The van der Waals surface area contributed by atoms with Crippen LogP contribution in [-0.4, -0.2) is 18.4 Å². The first-order valence-electron chi connectivity index (χ1n) is 6.09. The first-order chi connectivity index (χ1) is 9.38. The molecule has 1 saturated carbocycles. The van der Waals surface area contributed by atoms with Crippen molar-refractivity contribution in [3.05, 3.63) is 29.3 Å². The van der Waals surface area contributed by atoms with Gasteiger partial charge in [-0.25, -0.2) is 0 Å². The van der Waals surface area contributed by atoms with Crippen LogP contribution in [0.15, 0.2) is 18.2 Å². The molecule has 0 spiro atoms. The summed E-state index contributed by atoms with van der Waals surface area (Å²) in [7, 11) is 0. The van der Waals surface area contributed by atoms with Crippen molar-refractivity contribution in [2.24, 2.45) is 11.7 Å². The summed E-state index contributed by atoms with van der Waals surface area (Å²) >= 11 is 4.67. The van der Waals surface area contributed by atoms with Gasteiger partial charge in [-0.3, -0.25) is 0 Å². The first-order valence-corrected chi connectivity index (χ1v) is 6.50. The van der Waals surface area contributed by atoms with E-state index >= 15 is 0 Å². The minimum absolute atomic E-state index is 0.0907. The summed E-state index contributed by atoms with van der Waals surface area (Å²) in [6.07, 6.45) is -2.32. The Kier molecular flexibility index (Phi) is 4.49. The van der Waals surface area contributed by atoms with Crippen LogP contribution in [0.4, 0.5) is 13.2 Å². The monoisotopic (exact) mass is 305 g/mol. The van der Waals surface area contributed by atoms with Gasteiger partial charge in [-0.2, -0.15) is 13.2 Å². The molecule has 0 aromatic heterocycles. The lowest BCUT2D eigenvalue weighted by atomic mass is 10.1. The Balaban J connectivity index is 2.07. The number of halogens is 3. The SMILES string of the molecule is NC(=S)c1ccc(OCOCC2CC2)c(C(F)(F)F)c1. The number of alkyl halides is 3. The molecule has 1 aromatic rings. The lowest BCUT2D eigenvalue weighted by molar-refractivity contribution is -0.139. The Labute approximate surface area is 119 Å². The van der Waals surface area contributed by atoms with Crippen LogP contribution < -0.4 is 10.5 Å². The summed E-state index contributed by atoms with van der Waals surface area (Å²) in [5, 5.41) is 0. The number of benzene rings is 1. The maximum atomic E-state index is 12.9. The van der Waals surface area contributed by atoms with Crippen LogP contribution in [0.1, 0.15) is 24.0 Å². The molecule has 1 aromatic carbocycles. The number of rotatable bonds is 6. The van der Waals surface area contributed by atoms with E-state index < -0.39 is 11.7 Å². The van der Waals surface area contributed by atoms with Crippen LogP contribution in [-0.2, 0) is 10.9 Å². The third-order valence-electron chi connectivity index (χ3n) is 2.92. The van der Waals surface area contributed by atoms with Crippen molar-refractivity contribution in [2.75, 3.05) is 13.4 Å². The summed E-state index contributed by atoms with van der Waals surface area (Å²) in [6, 6.07) is 3.49. The molecule has 0 aliphatic heterocycles. The van der Waals surface area contributed by atoms with Gasteiger partial charge >= 0.3 is 6.18 Å². The lowest BCUT2D eigenvalue weighted by Gasteiger charge is -2.15. The highest BCUT2D eigenvalue weighted by atomic mass is 32.1. The summed E-state index contributed by atoms with van der Waals surface area (Å²) < 4.78 is 49.0. The first kappa shape index (κ1) is 15.1.